The molecule has 0 spiro atoms. The van der Waals surface area contributed by atoms with Crippen molar-refractivity contribution < 1.29 is 14.3 Å². The highest BCUT2D eigenvalue weighted by Gasteiger charge is 2.63. The number of benzene rings is 1. The Morgan fingerprint density at radius 2 is 1.96 bits per heavy atom. The lowest BCUT2D eigenvalue weighted by Gasteiger charge is -2.34. The van der Waals surface area contributed by atoms with Crippen LogP contribution in [0.3, 0.4) is 0 Å². The van der Waals surface area contributed by atoms with Crippen molar-refractivity contribution in [3.8, 4) is 0 Å². The molecular weight excluding hydrogens is 308 g/mol. The number of likely N-dealkylation sites (tertiary alicyclic amines) is 1. The summed E-state index contributed by atoms with van der Waals surface area (Å²) in [5.41, 5.74) is 0.282. The number of amides is 2. The molecule has 24 heavy (non-hydrogen) atoms. The first kappa shape index (κ1) is 15.1. The fourth-order valence-electron chi connectivity index (χ4n) is 3.83. The van der Waals surface area contributed by atoms with Crippen molar-refractivity contribution in [2.45, 2.75) is 50.9 Å². The Morgan fingerprint density at radius 3 is 2.62 bits per heavy atom. The fourth-order valence-corrected chi connectivity index (χ4v) is 3.83. The lowest BCUT2D eigenvalue weighted by atomic mass is 9.98. The zero-order chi connectivity index (χ0) is 17.1. The third-order valence-electron chi connectivity index (χ3n) is 4.71. The monoisotopic (exact) mass is 328 g/mol. The Labute approximate surface area is 140 Å². The fraction of sp³-hybridized carbons (Fsp3) is 0.529. The Bertz CT molecular complexity index is 712. The van der Waals surface area contributed by atoms with Gasteiger partial charge >= 0.3 is 6.09 Å². The summed E-state index contributed by atoms with van der Waals surface area (Å²) in [6, 6.07) is 9.14. The van der Waals surface area contributed by atoms with Crippen molar-refractivity contribution in [1.82, 2.24) is 4.90 Å². The van der Waals surface area contributed by atoms with Crippen LogP contribution < -0.4 is 5.01 Å². The number of carbonyl (C=O) groups is 2. The summed E-state index contributed by atoms with van der Waals surface area (Å²) in [6.07, 6.45) is 0.0438. The molecule has 126 valence electrons. The number of anilines is 1. The van der Waals surface area contributed by atoms with Crippen molar-refractivity contribution in [2.24, 2.45) is 16.3 Å². The van der Waals surface area contributed by atoms with Gasteiger partial charge in [-0.1, -0.05) is 23.4 Å². The number of rotatable bonds is 1. The Kier molecular flexibility index (Phi) is 3.16. The van der Waals surface area contributed by atoms with Gasteiger partial charge in [-0.3, -0.25) is 4.79 Å². The summed E-state index contributed by atoms with van der Waals surface area (Å²) in [7, 11) is 0. The van der Waals surface area contributed by atoms with Gasteiger partial charge in [-0.2, -0.15) is 5.11 Å². The molecule has 3 aliphatic rings. The van der Waals surface area contributed by atoms with Gasteiger partial charge in [-0.15, -0.1) is 0 Å². The number of para-hydroxylation sites is 1. The molecule has 1 aliphatic carbocycles. The van der Waals surface area contributed by atoms with Crippen molar-refractivity contribution in [3.05, 3.63) is 30.3 Å². The average Bonchev–Trinajstić information content (AvgIpc) is 3.15. The maximum Gasteiger partial charge on any atom is 0.417 e. The van der Waals surface area contributed by atoms with Gasteiger partial charge in [0.15, 0.2) is 0 Å². The lowest BCUT2D eigenvalue weighted by molar-refractivity contribution is -0.133. The van der Waals surface area contributed by atoms with E-state index in [1.807, 2.05) is 35.3 Å². The molecule has 0 radical (unpaired) electrons. The van der Waals surface area contributed by atoms with Crippen molar-refractivity contribution in [1.29, 1.82) is 0 Å². The maximum absolute atomic E-state index is 12.7. The van der Waals surface area contributed by atoms with Crippen LogP contribution in [0.25, 0.3) is 0 Å². The Hall–Kier alpha value is -2.44. The minimum Gasteiger partial charge on any atom is -0.443 e. The normalized spacial score (nSPS) is 30.9. The molecule has 2 fully saturated rings. The maximum atomic E-state index is 12.7. The SMILES string of the molecule is CC(C)(C)OC(=O)N1C(=O)[C@H]2C[C@@H]1[C@@H]1N=NN(c3ccccc3)[C@@H]12. The summed E-state index contributed by atoms with van der Waals surface area (Å²) < 4.78 is 5.38. The van der Waals surface area contributed by atoms with Crippen LogP contribution in [0.15, 0.2) is 40.7 Å². The summed E-state index contributed by atoms with van der Waals surface area (Å²) in [6.45, 7) is 5.37. The van der Waals surface area contributed by atoms with E-state index < -0.39 is 11.7 Å². The summed E-state index contributed by atoms with van der Waals surface area (Å²) in [5.74, 6) is -0.452. The Morgan fingerprint density at radius 1 is 1.25 bits per heavy atom. The molecule has 0 unspecified atom stereocenters. The molecule has 0 N–H and O–H groups in total. The number of hydrogen-bond acceptors (Lipinski definition) is 6. The van der Waals surface area contributed by atoms with Crippen LogP contribution in [-0.2, 0) is 9.53 Å². The highest BCUT2D eigenvalue weighted by molar-refractivity contribution is 5.97. The van der Waals surface area contributed by atoms with Crippen LogP contribution in [0.4, 0.5) is 10.5 Å². The van der Waals surface area contributed by atoms with Gasteiger partial charge in [0.05, 0.1) is 23.7 Å². The average molecular weight is 328 g/mol. The number of piperidine rings is 1. The van der Waals surface area contributed by atoms with Crippen LogP contribution in [0.2, 0.25) is 0 Å². The van der Waals surface area contributed by atoms with E-state index >= 15 is 0 Å². The first-order valence-corrected chi connectivity index (χ1v) is 8.18. The van der Waals surface area contributed by atoms with Crippen LogP contribution in [0.5, 0.6) is 0 Å². The van der Waals surface area contributed by atoms with Crippen LogP contribution in [0, 0.1) is 5.92 Å². The molecule has 1 aromatic rings. The van der Waals surface area contributed by atoms with Gasteiger partial charge in [0.1, 0.15) is 11.6 Å². The minimum absolute atomic E-state index is 0.108. The van der Waals surface area contributed by atoms with Gasteiger partial charge < -0.3 is 4.74 Å². The Balaban J connectivity index is 1.58. The van der Waals surface area contributed by atoms with E-state index in [9.17, 15) is 9.59 Å². The highest BCUT2D eigenvalue weighted by atomic mass is 16.6. The molecule has 4 rings (SSSR count). The van der Waals surface area contributed by atoms with Gasteiger partial charge in [-0.25, -0.2) is 14.7 Å². The predicted molar refractivity (Wildman–Crippen MR) is 86.3 cm³/mol. The zero-order valence-corrected chi connectivity index (χ0v) is 13.9. The van der Waals surface area contributed by atoms with Crippen LogP contribution >= 0.6 is 0 Å². The van der Waals surface area contributed by atoms with E-state index in [1.54, 1.807) is 20.8 Å². The largest absolute Gasteiger partial charge is 0.443 e. The number of imide groups is 1. The third kappa shape index (κ3) is 2.18. The number of ether oxygens (including phenoxy) is 1. The van der Waals surface area contributed by atoms with E-state index in [2.05, 4.69) is 10.3 Å². The predicted octanol–water partition coefficient (Wildman–Crippen LogP) is 2.78. The summed E-state index contributed by atoms with van der Waals surface area (Å²) in [5, 5.41) is 10.4. The number of carbonyl (C=O) groups excluding carboxylic acids is 2. The number of hydrogen-bond donors (Lipinski definition) is 0. The molecule has 1 saturated carbocycles. The highest BCUT2D eigenvalue weighted by Crippen LogP contribution is 2.47. The van der Waals surface area contributed by atoms with E-state index in [-0.39, 0.29) is 30.0 Å². The third-order valence-corrected chi connectivity index (χ3v) is 4.71. The minimum atomic E-state index is -0.633. The molecule has 1 saturated heterocycles. The first-order chi connectivity index (χ1) is 11.4. The molecule has 2 aliphatic heterocycles. The van der Waals surface area contributed by atoms with E-state index in [0.717, 1.165) is 5.69 Å². The van der Waals surface area contributed by atoms with E-state index in [4.69, 9.17) is 4.74 Å². The number of nitrogens with zero attached hydrogens (tertiary/aromatic N) is 4. The molecule has 2 heterocycles. The molecular formula is C17H20N4O3. The van der Waals surface area contributed by atoms with E-state index in [0.29, 0.717) is 6.42 Å². The van der Waals surface area contributed by atoms with Crippen molar-refractivity contribution in [2.75, 3.05) is 5.01 Å². The molecule has 1 aromatic carbocycles. The summed E-state index contributed by atoms with van der Waals surface area (Å²) >= 11 is 0. The second kappa shape index (κ2) is 5.03. The van der Waals surface area contributed by atoms with Gasteiger partial charge in [0.2, 0.25) is 5.91 Å². The van der Waals surface area contributed by atoms with E-state index in [1.165, 1.54) is 4.90 Å². The lowest BCUT2D eigenvalue weighted by Crippen LogP contribution is -2.56. The smallest absolute Gasteiger partial charge is 0.417 e. The standard InChI is InChI=1S/C17H20N4O3/c1-17(2,3)24-16(23)20-12-9-11(15(20)22)14-13(12)18-19-21(14)10-7-5-4-6-8-10/h4-8,11-14H,9H2,1-3H3/t11-,12+,13-,14+/m0/s1. The second-order valence-electron chi connectivity index (χ2n) is 7.46. The van der Waals surface area contributed by atoms with Gasteiger partial charge in [-0.05, 0) is 39.3 Å². The van der Waals surface area contributed by atoms with Crippen molar-refractivity contribution >= 4 is 17.7 Å². The molecule has 7 heteroatoms. The van der Waals surface area contributed by atoms with Crippen LogP contribution in [-0.4, -0.2) is 40.6 Å². The van der Waals surface area contributed by atoms with Crippen molar-refractivity contribution in [3.63, 3.8) is 0 Å². The second-order valence-corrected chi connectivity index (χ2v) is 7.46. The summed E-state index contributed by atoms with van der Waals surface area (Å²) in [4.78, 5) is 26.4. The van der Waals surface area contributed by atoms with Gasteiger partial charge in [0, 0.05) is 0 Å². The van der Waals surface area contributed by atoms with Gasteiger partial charge in [0.25, 0.3) is 0 Å². The molecule has 4 atom stereocenters. The molecule has 2 bridgehead atoms. The molecule has 2 amide bonds. The topological polar surface area (TPSA) is 74.6 Å². The zero-order valence-electron chi connectivity index (χ0n) is 13.9. The van der Waals surface area contributed by atoms with Crippen LogP contribution in [0.1, 0.15) is 27.2 Å². The molecule has 0 aromatic heterocycles. The quantitative estimate of drug-likeness (QED) is 0.794. The first-order valence-electron chi connectivity index (χ1n) is 8.18. The number of fused-ring (bicyclic) bond motifs is 5. The molecule has 7 nitrogen and oxygen atoms in total.